The molecule has 1 aromatic heterocycles. The molecule has 0 unspecified atom stereocenters. The number of ether oxygens (including phenoxy) is 1. The number of benzene rings is 1. The van der Waals surface area contributed by atoms with Crippen molar-refractivity contribution < 1.29 is 9.53 Å². The van der Waals surface area contributed by atoms with Gasteiger partial charge in [0.25, 0.3) is 0 Å². The Morgan fingerprint density at radius 1 is 1.29 bits per heavy atom. The van der Waals surface area contributed by atoms with Crippen molar-refractivity contribution in [3.05, 3.63) is 36.0 Å². The number of morpholine rings is 1. The first kappa shape index (κ1) is 14.1. The summed E-state index contributed by atoms with van der Waals surface area (Å²) in [4.78, 5) is 14.3. The highest BCUT2D eigenvalue weighted by molar-refractivity contribution is 5.85. The smallest absolute Gasteiger partial charge is 0.223 e. The van der Waals surface area contributed by atoms with Crippen LogP contribution in [-0.2, 0) is 16.6 Å². The summed E-state index contributed by atoms with van der Waals surface area (Å²) in [6.45, 7) is 4.91. The first-order chi connectivity index (χ1) is 10.2. The van der Waals surface area contributed by atoms with Gasteiger partial charge in [0.2, 0.25) is 5.91 Å². The number of rotatable bonds is 3. The number of carbonyl (C=O) groups excluding carboxylic acids is 1. The molecule has 1 saturated heterocycles. The highest BCUT2D eigenvalue weighted by Gasteiger charge is 2.21. The zero-order chi connectivity index (χ0) is 14.8. The van der Waals surface area contributed by atoms with Crippen LogP contribution in [0.15, 0.2) is 30.5 Å². The fourth-order valence-corrected chi connectivity index (χ4v) is 3.08. The third-order valence-corrected chi connectivity index (χ3v) is 4.30. The van der Waals surface area contributed by atoms with Gasteiger partial charge in [0, 0.05) is 43.7 Å². The van der Waals surface area contributed by atoms with E-state index in [4.69, 9.17) is 4.74 Å². The Labute approximate surface area is 125 Å². The molecule has 1 amide bonds. The molecule has 0 N–H and O–H groups in total. The molecule has 0 spiro atoms. The minimum absolute atomic E-state index is 0.228. The number of aryl methyl sites for hydroxylation is 1. The Bertz CT molecular complexity index is 641. The molecule has 1 atom stereocenters. The van der Waals surface area contributed by atoms with E-state index in [9.17, 15) is 4.79 Å². The second kappa shape index (κ2) is 5.90. The standard InChI is InChI=1S/C17H22N2O2/c1-13(11-17(20)19-7-9-21-10-8-19)15-12-18(2)16-6-4-3-5-14(15)16/h3-6,12-13H,7-11H2,1-2H3/t13-/m0/s1. The van der Waals surface area contributed by atoms with Gasteiger partial charge in [0.1, 0.15) is 0 Å². The van der Waals surface area contributed by atoms with E-state index in [0.29, 0.717) is 19.6 Å². The Morgan fingerprint density at radius 3 is 2.76 bits per heavy atom. The zero-order valence-electron chi connectivity index (χ0n) is 12.7. The van der Waals surface area contributed by atoms with Gasteiger partial charge in [0.05, 0.1) is 13.2 Å². The zero-order valence-corrected chi connectivity index (χ0v) is 12.7. The molecule has 21 heavy (non-hydrogen) atoms. The lowest BCUT2D eigenvalue weighted by molar-refractivity contribution is -0.135. The molecule has 2 heterocycles. The minimum atomic E-state index is 0.228. The maximum atomic E-state index is 12.4. The molecular formula is C17H22N2O2. The number of hydrogen-bond acceptors (Lipinski definition) is 2. The van der Waals surface area contributed by atoms with Gasteiger partial charge in [0.15, 0.2) is 0 Å². The molecular weight excluding hydrogens is 264 g/mol. The third-order valence-electron chi connectivity index (χ3n) is 4.30. The number of amides is 1. The molecule has 4 heteroatoms. The third kappa shape index (κ3) is 2.81. The molecule has 4 nitrogen and oxygen atoms in total. The van der Waals surface area contributed by atoms with Crippen LogP contribution in [0.4, 0.5) is 0 Å². The van der Waals surface area contributed by atoms with E-state index in [0.717, 1.165) is 13.1 Å². The van der Waals surface area contributed by atoms with Crippen LogP contribution >= 0.6 is 0 Å². The Hall–Kier alpha value is -1.81. The number of aromatic nitrogens is 1. The minimum Gasteiger partial charge on any atom is -0.378 e. The quantitative estimate of drug-likeness (QED) is 0.869. The summed E-state index contributed by atoms with van der Waals surface area (Å²) in [5.74, 6) is 0.463. The maximum Gasteiger partial charge on any atom is 0.223 e. The van der Waals surface area contributed by atoms with Gasteiger partial charge in [-0.05, 0) is 17.5 Å². The molecule has 1 aliphatic rings. The van der Waals surface area contributed by atoms with Crippen LogP contribution in [0.3, 0.4) is 0 Å². The molecule has 1 aliphatic heterocycles. The molecule has 1 fully saturated rings. The van der Waals surface area contributed by atoms with Gasteiger partial charge in [-0.25, -0.2) is 0 Å². The van der Waals surface area contributed by atoms with E-state index in [1.165, 1.54) is 16.5 Å². The van der Waals surface area contributed by atoms with Crippen LogP contribution in [-0.4, -0.2) is 41.7 Å². The van der Waals surface area contributed by atoms with Crippen molar-refractivity contribution in [3.8, 4) is 0 Å². The molecule has 0 radical (unpaired) electrons. The highest BCUT2D eigenvalue weighted by Crippen LogP contribution is 2.29. The highest BCUT2D eigenvalue weighted by atomic mass is 16.5. The Balaban J connectivity index is 1.77. The molecule has 2 aromatic rings. The van der Waals surface area contributed by atoms with Gasteiger partial charge in [-0.3, -0.25) is 4.79 Å². The van der Waals surface area contributed by atoms with Gasteiger partial charge >= 0.3 is 0 Å². The van der Waals surface area contributed by atoms with Crippen molar-refractivity contribution in [2.45, 2.75) is 19.3 Å². The van der Waals surface area contributed by atoms with E-state index >= 15 is 0 Å². The fraction of sp³-hybridized carbons (Fsp3) is 0.471. The van der Waals surface area contributed by atoms with Crippen LogP contribution in [0.5, 0.6) is 0 Å². The van der Waals surface area contributed by atoms with E-state index < -0.39 is 0 Å². The summed E-state index contributed by atoms with van der Waals surface area (Å²) in [5.41, 5.74) is 2.48. The second-order valence-electron chi connectivity index (χ2n) is 5.81. The van der Waals surface area contributed by atoms with Crippen LogP contribution in [0.1, 0.15) is 24.8 Å². The normalized spacial score (nSPS) is 17.1. The van der Waals surface area contributed by atoms with Crippen molar-refractivity contribution in [2.24, 2.45) is 7.05 Å². The summed E-state index contributed by atoms with van der Waals surface area (Å²) >= 11 is 0. The van der Waals surface area contributed by atoms with Crippen molar-refractivity contribution >= 4 is 16.8 Å². The molecule has 0 bridgehead atoms. The number of carbonyl (C=O) groups is 1. The molecule has 0 aliphatic carbocycles. The number of fused-ring (bicyclic) bond motifs is 1. The first-order valence-corrected chi connectivity index (χ1v) is 7.56. The summed E-state index contributed by atoms with van der Waals surface area (Å²) in [5, 5.41) is 1.25. The van der Waals surface area contributed by atoms with Crippen molar-refractivity contribution in [1.82, 2.24) is 9.47 Å². The van der Waals surface area contributed by atoms with Gasteiger partial charge in [-0.1, -0.05) is 25.1 Å². The van der Waals surface area contributed by atoms with Crippen molar-refractivity contribution in [1.29, 1.82) is 0 Å². The Kier molecular flexibility index (Phi) is 3.97. The number of nitrogens with zero attached hydrogens (tertiary/aromatic N) is 2. The SMILES string of the molecule is C[C@@H](CC(=O)N1CCOCC1)c1cn(C)c2ccccc12. The average Bonchev–Trinajstić information content (AvgIpc) is 2.86. The van der Waals surface area contributed by atoms with Gasteiger partial charge < -0.3 is 14.2 Å². The summed E-state index contributed by atoms with van der Waals surface area (Å²) in [6, 6.07) is 8.37. The van der Waals surface area contributed by atoms with Crippen molar-refractivity contribution in [3.63, 3.8) is 0 Å². The lowest BCUT2D eigenvalue weighted by Crippen LogP contribution is -2.41. The summed E-state index contributed by atoms with van der Waals surface area (Å²) in [7, 11) is 2.06. The summed E-state index contributed by atoms with van der Waals surface area (Å²) in [6.07, 6.45) is 2.72. The van der Waals surface area contributed by atoms with Crippen LogP contribution < -0.4 is 0 Å². The largest absolute Gasteiger partial charge is 0.378 e. The van der Waals surface area contributed by atoms with Gasteiger partial charge in [-0.2, -0.15) is 0 Å². The molecule has 0 saturated carbocycles. The van der Waals surface area contributed by atoms with E-state index in [2.05, 4.69) is 49.0 Å². The predicted octanol–water partition coefficient (Wildman–Crippen LogP) is 2.53. The predicted molar refractivity (Wildman–Crippen MR) is 83.4 cm³/mol. The second-order valence-corrected chi connectivity index (χ2v) is 5.81. The molecule has 3 rings (SSSR count). The molecule has 1 aromatic carbocycles. The fourth-order valence-electron chi connectivity index (χ4n) is 3.08. The maximum absolute atomic E-state index is 12.4. The lowest BCUT2D eigenvalue weighted by Gasteiger charge is -2.27. The van der Waals surface area contributed by atoms with E-state index in [1.54, 1.807) is 0 Å². The van der Waals surface area contributed by atoms with Crippen molar-refractivity contribution in [2.75, 3.05) is 26.3 Å². The monoisotopic (exact) mass is 286 g/mol. The van der Waals surface area contributed by atoms with E-state index in [1.807, 2.05) is 4.90 Å². The van der Waals surface area contributed by atoms with Crippen LogP contribution in [0.2, 0.25) is 0 Å². The topological polar surface area (TPSA) is 34.5 Å². The summed E-state index contributed by atoms with van der Waals surface area (Å²) < 4.78 is 7.44. The molecule has 112 valence electrons. The first-order valence-electron chi connectivity index (χ1n) is 7.56. The Morgan fingerprint density at radius 2 is 2.00 bits per heavy atom. The lowest BCUT2D eigenvalue weighted by atomic mass is 9.96. The van der Waals surface area contributed by atoms with Gasteiger partial charge in [-0.15, -0.1) is 0 Å². The van der Waals surface area contributed by atoms with Crippen LogP contribution in [0.25, 0.3) is 10.9 Å². The van der Waals surface area contributed by atoms with Crippen LogP contribution in [0, 0.1) is 0 Å². The number of para-hydroxylation sites is 1. The number of hydrogen-bond donors (Lipinski definition) is 0. The van der Waals surface area contributed by atoms with E-state index in [-0.39, 0.29) is 11.8 Å². The average molecular weight is 286 g/mol.